The van der Waals surface area contributed by atoms with Gasteiger partial charge in [0.05, 0.1) is 5.60 Å². The van der Waals surface area contributed by atoms with E-state index >= 15 is 0 Å². The summed E-state index contributed by atoms with van der Waals surface area (Å²) in [5, 5.41) is 10.3. The van der Waals surface area contributed by atoms with Gasteiger partial charge in [-0.1, -0.05) is 20.3 Å². The number of aliphatic hydroxyl groups is 1. The van der Waals surface area contributed by atoms with Crippen molar-refractivity contribution < 1.29 is 5.11 Å². The molecule has 0 saturated heterocycles. The van der Waals surface area contributed by atoms with E-state index in [1.54, 1.807) is 11.3 Å². The number of aryl methyl sites for hydroxylation is 1. The zero-order chi connectivity index (χ0) is 10.1. The Bertz CT molecular complexity index is 275. The predicted molar refractivity (Wildman–Crippen MR) is 58.1 cm³/mol. The first-order valence-electron chi connectivity index (χ1n) is 4.77. The monoisotopic (exact) mass is 198 g/mol. The van der Waals surface area contributed by atoms with Gasteiger partial charge in [0, 0.05) is 9.75 Å². The van der Waals surface area contributed by atoms with Crippen LogP contribution in [0.3, 0.4) is 0 Å². The van der Waals surface area contributed by atoms with Crippen LogP contribution in [0, 0.1) is 12.8 Å². The van der Waals surface area contributed by atoms with Crippen molar-refractivity contribution in [1.29, 1.82) is 0 Å². The average molecular weight is 198 g/mol. The van der Waals surface area contributed by atoms with Crippen molar-refractivity contribution in [2.75, 3.05) is 0 Å². The maximum Gasteiger partial charge on any atom is 0.0985 e. The van der Waals surface area contributed by atoms with Crippen LogP contribution in [0.1, 0.15) is 36.9 Å². The summed E-state index contributed by atoms with van der Waals surface area (Å²) in [5.74, 6) is 0.311. The lowest BCUT2D eigenvalue weighted by atomic mass is 9.87. The van der Waals surface area contributed by atoms with Gasteiger partial charge in [-0.3, -0.25) is 0 Å². The Kier molecular flexibility index (Phi) is 3.14. The number of hydrogen-bond donors (Lipinski definition) is 1. The Morgan fingerprint density at radius 3 is 2.54 bits per heavy atom. The lowest BCUT2D eigenvalue weighted by Crippen LogP contribution is -2.28. The third-order valence-corrected chi connectivity index (χ3v) is 4.04. The summed E-state index contributed by atoms with van der Waals surface area (Å²) in [5.41, 5.74) is -0.659. The Morgan fingerprint density at radius 2 is 2.15 bits per heavy atom. The summed E-state index contributed by atoms with van der Waals surface area (Å²) in [6, 6.07) is 4.10. The van der Waals surface area contributed by atoms with Crippen LogP contribution in [0.2, 0.25) is 0 Å². The third kappa shape index (κ3) is 2.12. The Morgan fingerprint density at radius 1 is 1.54 bits per heavy atom. The minimum atomic E-state index is -0.659. The van der Waals surface area contributed by atoms with E-state index in [-0.39, 0.29) is 0 Å². The zero-order valence-corrected chi connectivity index (χ0v) is 9.61. The molecule has 1 heterocycles. The molecule has 0 saturated carbocycles. The Labute approximate surface area is 84.4 Å². The van der Waals surface area contributed by atoms with Gasteiger partial charge in [0.25, 0.3) is 0 Å². The van der Waals surface area contributed by atoms with Crippen molar-refractivity contribution in [2.24, 2.45) is 5.92 Å². The molecule has 1 rings (SSSR count). The molecule has 0 fully saturated rings. The van der Waals surface area contributed by atoms with Crippen molar-refractivity contribution in [3.8, 4) is 0 Å². The standard InChI is InChI=1S/C11H18OS/c1-5-8(2)11(4,12)10-7-6-9(3)13-10/h6-8,12H,5H2,1-4H3. The fraction of sp³-hybridized carbons (Fsp3) is 0.636. The van der Waals surface area contributed by atoms with Crippen LogP contribution in [-0.2, 0) is 5.60 Å². The summed E-state index contributed by atoms with van der Waals surface area (Å²) in [6.07, 6.45) is 1.00. The molecule has 0 bridgehead atoms. The molecule has 2 atom stereocenters. The second-order valence-electron chi connectivity index (χ2n) is 3.87. The highest BCUT2D eigenvalue weighted by Crippen LogP contribution is 2.35. The smallest absolute Gasteiger partial charge is 0.0985 e. The Hall–Kier alpha value is -0.340. The van der Waals surface area contributed by atoms with Crippen LogP contribution in [-0.4, -0.2) is 5.11 Å². The first-order valence-corrected chi connectivity index (χ1v) is 5.59. The Balaban J connectivity index is 2.92. The van der Waals surface area contributed by atoms with E-state index in [0.29, 0.717) is 5.92 Å². The molecule has 13 heavy (non-hydrogen) atoms. The SMILES string of the molecule is CCC(C)C(C)(O)c1ccc(C)s1. The number of rotatable bonds is 3. The zero-order valence-electron chi connectivity index (χ0n) is 8.79. The van der Waals surface area contributed by atoms with E-state index in [1.807, 2.05) is 13.0 Å². The molecule has 0 aliphatic heterocycles. The van der Waals surface area contributed by atoms with Crippen molar-refractivity contribution in [1.82, 2.24) is 0 Å². The van der Waals surface area contributed by atoms with Gasteiger partial charge in [-0.05, 0) is 31.9 Å². The van der Waals surface area contributed by atoms with Gasteiger partial charge in [-0.15, -0.1) is 11.3 Å². The van der Waals surface area contributed by atoms with Crippen molar-refractivity contribution in [3.05, 3.63) is 21.9 Å². The highest BCUT2D eigenvalue weighted by Gasteiger charge is 2.30. The molecule has 0 aliphatic rings. The molecular formula is C11H18OS. The summed E-state index contributed by atoms with van der Waals surface area (Å²) in [7, 11) is 0. The molecule has 2 heteroatoms. The summed E-state index contributed by atoms with van der Waals surface area (Å²) < 4.78 is 0. The molecule has 2 unspecified atom stereocenters. The first kappa shape index (κ1) is 10.7. The molecular weight excluding hydrogens is 180 g/mol. The second-order valence-corrected chi connectivity index (χ2v) is 5.16. The quantitative estimate of drug-likeness (QED) is 0.790. The van der Waals surface area contributed by atoms with Gasteiger partial charge in [0.15, 0.2) is 0 Å². The van der Waals surface area contributed by atoms with E-state index in [4.69, 9.17) is 0 Å². The van der Waals surface area contributed by atoms with E-state index in [2.05, 4.69) is 26.8 Å². The maximum atomic E-state index is 10.3. The highest BCUT2D eigenvalue weighted by molar-refractivity contribution is 7.12. The second kappa shape index (κ2) is 3.81. The topological polar surface area (TPSA) is 20.2 Å². The van der Waals surface area contributed by atoms with Crippen LogP contribution in [0.4, 0.5) is 0 Å². The number of hydrogen-bond acceptors (Lipinski definition) is 2. The minimum Gasteiger partial charge on any atom is -0.384 e. The fourth-order valence-electron chi connectivity index (χ4n) is 1.35. The van der Waals surface area contributed by atoms with Crippen molar-refractivity contribution in [3.63, 3.8) is 0 Å². The van der Waals surface area contributed by atoms with Gasteiger partial charge in [0.2, 0.25) is 0 Å². The third-order valence-electron chi connectivity index (χ3n) is 2.81. The lowest BCUT2D eigenvalue weighted by molar-refractivity contribution is 0.00352. The maximum absolute atomic E-state index is 10.3. The van der Waals surface area contributed by atoms with E-state index < -0.39 is 5.60 Å². The van der Waals surface area contributed by atoms with E-state index in [1.165, 1.54) is 4.88 Å². The van der Waals surface area contributed by atoms with Gasteiger partial charge >= 0.3 is 0 Å². The highest BCUT2D eigenvalue weighted by atomic mass is 32.1. The molecule has 0 aliphatic carbocycles. The van der Waals surface area contributed by atoms with Crippen LogP contribution < -0.4 is 0 Å². The minimum absolute atomic E-state index is 0.311. The van der Waals surface area contributed by atoms with E-state index in [0.717, 1.165) is 11.3 Å². The van der Waals surface area contributed by atoms with Crippen LogP contribution >= 0.6 is 11.3 Å². The van der Waals surface area contributed by atoms with Crippen LogP contribution in [0.15, 0.2) is 12.1 Å². The molecule has 74 valence electrons. The first-order chi connectivity index (χ1) is 5.98. The van der Waals surface area contributed by atoms with Crippen LogP contribution in [0.25, 0.3) is 0 Å². The lowest BCUT2D eigenvalue weighted by Gasteiger charge is -2.28. The van der Waals surface area contributed by atoms with Gasteiger partial charge in [0.1, 0.15) is 0 Å². The summed E-state index contributed by atoms with van der Waals surface area (Å²) >= 11 is 1.69. The fourth-order valence-corrected chi connectivity index (χ4v) is 2.37. The normalized spacial score (nSPS) is 18.2. The summed E-state index contributed by atoms with van der Waals surface area (Å²) in [4.78, 5) is 2.35. The molecule has 1 aromatic rings. The molecule has 1 nitrogen and oxygen atoms in total. The molecule has 0 radical (unpaired) electrons. The van der Waals surface area contributed by atoms with Crippen molar-refractivity contribution >= 4 is 11.3 Å². The van der Waals surface area contributed by atoms with Gasteiger partial charge < -0.3 is 5.11 Å². The molecule has 1 N–H and O–H groups in total. The van der Waals surface area contributed by atoms with Crippen molar-refractivity contribution in [2.45, 2.75) is 39.7 Å². The van der Waals surface area contributed by atoms with E-state index in [9.17, 15) is 5.11 Å². The van der Waals surface area contributed by atoms with Gasteiger partial charge in [-0.2, -0.15) is 0 Å². The largest absolute Gasteiger partial charge is 0.384 e. The molecule has 0 aromatic carbocycles. The molecule has 0 amide bonds. The molecule has 1 aromatic heterocycles. The van der Waals surface area contributed by atoms with Crippen LogP contribution in [0.5, 0.6) is 0 Å². The number of thiophene rings is 1. The molecule has 0 spiro atoms. The average Bonchev–Trinajstić information content (AvgIpc) is 2.50. The van der Waals surface area contributed by atoms with Gasteiger partial charge in [-0.25, -0.2) is 0 Å². The predicted octanol–water partition coefficient (Wildman–Crippen LogP) is 3.31. The summed E-state index contributed by atoms with van der Waals surface area (Å²) in [6.45, 7) is 8.18.